The van der Waals surface area contributed by atoms with Gasteiger partial charge in [-0.25, -0.2) is 9.78 Å². The molecule has 1 rings (SSSR count). The minimum atomic E-state index is -1.19. The molecular weight excluding hydrogens is 314 g/mol. The Balaban J connectivity index is 2.98. The molecule has 1 atom stereocenters. The summed E-state index contributed by atoms with van der Waals surface area (Å²) in [6.07, 6.45) is 2.61. The number of carboxylic acids is 1. The lowest BCUT2D eigenvalue weighted by atomic mass is 10.2. The average Bonchev–Trinajstić information content (AvgIpc) is 2.35. The molecule has 19 heavy (non-hydrogen) atoms. The molecule has 0 fully saturated rings. The Morgan fingerprint density at radius 1 is 1.42 bits per heavy atom. The molecule has 1 aromatic rings. The molecular formula is C11H9Cl3N2O3. The first-order valence-corrected chi connectivity index (χ1v) is 6.16. The summed E-state index contributed by atoms with van der Waals surface area (Å²) in [5.41, 5.74) is -0.189. The number of amides is 1. The van der Waals surface area contributed by atoms with E-state index in [-0.39, 0.29) is 27.2 Å². The number of nitrogens with one attached hydrogen (secondary N) is 1. The van der Waals surface area contributed by atoms with Gasteiger partial charge in [0.2, 0.25) is 0 Å². The molecule has 0 saturated heterocycles. The van der Waals surface area contributed by atoms with E-state index in [0.29, 0.717) is 0 Å². The van der Waals surface area contributed by atoms with Gasteiger partial charge in [-0.05, 0) is 6.42 Å². The predicted molar refractivity (Wildman–Crippen MR) is 73.0 cm³/mol. The first-order chi connectivity index (χ1) is 8.88. The van der Waals surface area contributed by atoms with Crippen LogP contribution in [0.4, 0.5) is 0 Å². The van der Waals surface area contributed by atoms with Crippen LogP contribution in [0.5, 0.6) is 0 Å². The van der Waals surface area contributed by atoms with Gasteiger partial charge >= 0.3 is 5.97 Å². The maximum atomic E-state index is 11.9. The second-order valence-corrected chi connectivity index (χ2v) is 4.63. The maximum Gasteiger partial charge on any atom is 0.326 e. The Hall–Kier alpha value is -1.30. The van der Waals surface area contributed by atoms with Crippen LogP contribution >= 0.6 is 34.8 Å². The average molecular weight is 324 g/mol. The first kappa shape index (κ1) is 15.8. The molecule has 0 aliphatic carbocycles. The Morgan fingerprint density at radius 2 is 2.05 bits per heavy atom. The fourth-order valence-corrected chi connectivity index (χ4v) is 1.78. The van der Waals surface area contributed by atoms with Gasteiger partial charge in [-0.1, -0.05) is 40.9 Å². The van der Waals surface area contributed by atoms with Crippen LogP contribution in [0.3, 0.4) is 0 Å². The van der Waals surface area contributed by atoms with Gasteiger partial charge in [-0.2, -0.15) is 0 Å². The van der Waals surface area contributed by atoms with Crippen molar-refractivity contribution in [2.75, 3.05) is 0 Å². The van der Waals surface area contributed by atoms with E-state index in [4.69, 9.17) is 39.9 Å². The van der Waals surface area contributed by atoms with Crippen molar-refractivity contribution >= 4 is 46.7 Å². The largest absolute Gasteiger partial charge is 0.480 e. The summed E-state index contributed by atoms with van der Waals surface area (Å²) < 4.78 is 0. The van der Waals surface area contributed by atoms with Gasteiger partial charge in [0, 0.05) is 6.20 Å². The van der Waals surface area contributed by atoms with Crippen LogP contribution in [0.2, 0.25) is 15.1 Å². The highest BCUT2D eigenvalue weighted by atomic mass is 35.5. The highest BCUT2D eigenvalue weighted by Gasteiger charge is 2.23. The number of halogens is 3. The fourth-order valence-electron chi connectivity index (χ4n) is 1.22. The first-order valence-electron chi connectivity index (χ1n) is 5.02. The van der Waals surface area contributed by atoms with E-state index in [1.165, 1.54) is 6.08 Å². The molecule has 102 valence electrons. The molecule has 0 aliphatic rings. The Kier molecular flexibility index (Phi) is 5.60. The van der Waals surface area contributed by atoms with Crippen LogP contribution in [0.1, 0.15) is 16.9 Å². The molecule has 8 heteroatoms. The van der Waals surface area contributed by atoms with E-state index in [2.05, 4.69) is 16.9 Å². The van der Waals surface area contributed by atoms with Crippen molar-refractivity contribution < 1.29 is 14.7 Å². The van der Waals surface area contributed by atoms with Crippen molar-refractivity contribution in [3.63, 3.8) is 0 Å². The number of aromatic nitrogens is 1. The topological polar surface area (TPSA) is 79.3 Å². The lowest BCUT2D eigenvalue weighted by Crippen LogP contribution is -2.40. The molecule has 0 saturated carbocycles. The van der Waals surface area contributed by atoms with E-state index >= 15 is 0 Å². The van der Waals surface area contributed by atoms with Crippen LogP contribution in [0.15, 0.2) is 18.9 Å². The number of rotatable bonds is 5. The minimum absolute atomic E-state index is 0.0147. The van der Waals surface area contributed by atoms with Gasteiger partial charge in [-0.3, -0.25) is 4.79 Å². The zero-order chi connectivity index (χ0) is 14.6. The number of carbonyl (C=O) groups excluding carboxylic acids is 1. The van der Waals surface area contributed by atoms with Gasteiger partial charge in [0.25, 0.3) is 5.91 Å². The van der Waals surface area contributed by atoms with Gasteiger partial charge in [-0.15, -0.1) is 6.58 Å². The van der Waals surface area contributed by atoms with Crippen molar-refractivity contribution in [2.45, 2.75) is 12.5 Å². The standard InChI is InChI=1S/C11H9Cl3N2O3/c1-2-3-6(11(18)19)16-10(17)9-8(14)7(13)5(12)4-15-9/h2,4,6H,1,3H2,(H,16,17)(H,18,19). The number of carboxylic acid groups (broad SMARTS) is 1. The predicted octanol–water partition coefficient (Wildman–Crippen LogP) is 2.80. The van der Waals surface area contributed by atoms with E-state index in [9.17, 15) is 9.59 Å². The normalized spacial score (nSPS) is 11.7. The van der Waals surface area contributed by atoms with E-state index in [1.54, 1.807) is 0 Å². The van der Waals surface area contributed by atoms with Crippen molar-refractivity contribution in [2.24, 2.45) is 0 Å². The lowest BCUT2D eigenvalue weighted by molar-refractivity contribution is -0.139. The number of carbonyl (C=O) groups is 2. The summed E-state index contributed by atoms with van der Waals surface area (Å²) in [6.45, 7) is 3.41. The zero-order valence-electron chi connectivity index (χ0n) is 9.49. The molecule has 0 aliphatic heterocycles. The molecule has 0 radical (unpaired) electrons. The SMILES string of the molecule is C=CCC(NC(=O)c1ncc(Cl)c(Cl)c1Cl)C(=O)O. The molecule has 1 heterocycles. The third kappa shape index (κ3) is 3.83. The Labute approximate surface area is 124 Å². The van der Waals surface area contributed by atoms with Gasteiger partial charge < -0.3 is 10.4 Å². The van der Waals surface area contributed by atoms with Crippen LogP contribution in [0.25, 0.3) is 0 Å². The van der Waals surface area contributed by atoms with E-state index < -0.39 is 17.9 Å². The van der Waals surface area contributed by atoms with Crippen LogP contribution in [0, 0.1) is 0 Å². The number of hydrogen-bond acceptors (Lipinski definition) is 3. The summed E-state index contributed by atoms with van der Waals surface area (Å²) in [5.74, 6) is -1.94. The molecule has 2 N–H and O–H groups in total. The van der Waals surface area contributed by atoms with Gasteiger partial charge in [0.05, 0.1) is 15.1 Å². The molecule has 5 nitrogen and oxygen atoms in total. The molecule has 1 unspecified atom stereocenters. The van der Waals surface area contributed by atoms with E-state index in [1.807, 2.05) is 0 Å². The van der Waals surface area contributed by atoms with Gasteiger partial charge in [0.1, 0.15) is 11.7 Å². The zero-order valence-corrected chi connectivity index (χ0v) is 11.8. The van der Waals surface area contributed by atoms with Crippen molar-refractivity contribution in [3.05, 3.63) is 39.6 Å². The van der Waals surface area contributed by atoms with Crippen LogP contribution in [-0.4, -0.2) is 28.0 Å². The maximum absolute atomic E-state index is 11.9. The van der Waals surface area contributed by atoms with E-state index in [0.717, 1.165) is 6.20 Å². The Bertz CT molecular complexity index is 534. The fraction of sp³-hybridized carbons (Fsp3) is 0.182. The summed E-state index contributed by atoms with van der Waals surface area (Å²) in [4.78, 5) is 26.5. The molecule has 0 aromatic carbocycles. The van der Waals surface area contributed by atoms with Crippen LogP contribution in [-0.2, 0) is 4.79 Å². The molecule has 0 bridgehead atoms. The van der Waals surface area contributed by atoms with Crippen molar-refractivity contribution in [1.29, 1.82) is 0 Å². The van der Waals surface area contributed by atoms with Crippen molar-refractivity contribution in [1.82, 2.24) is 10.3 Å². The Morgan fingerprint density at radius 3 is 2.58 bits per heavy atom. The monoisotopic (exact) mass is 322 g/mol. The number of aliphatic carboxylic acids is 1. The highest BCUT2D eigenvalue weighted by Crippen LogP contribution is 2.30. The summed E-state index contributed by atoms with van der Waals surface area (Å²) in [6, 6.07) is -1.11. The second kappa shape index (κ2) is 6.75. The smallest absolute Gasteiger partial charge is 0.326 e. The quantitative estimate of drug-likeness (QED) is 0.817. The number of pyridine rings is 1. The molecule has 1 amide bonds. The summed E-state index contributed by atoms with van der Waals surface area (Å²) in [7, 11) is 0. The lowest BCUT2D eigenvalue weighted by Gasteiger charge is -2.13. The number of nitrogens with zero attached hydrogens (tertiary/aromatic N) is 1. The number of hydrogen-bond donors (Lipinski definition) is 2. The molecule has 0 spiro atoms. The third-order valence-corrected chi connectivity index (χ3v) is 3.38. The van der Waals surface area contributed by atoms with Crippen LogP contribution < -0.4 is 5.32 Å². The van der Waals surface area contributed by atoms with Gasteiger partial charge in [0.15, 0.2) is 0 Å². The third-order valence-electron chi connectivity index (χ3n) is 2.14. The minimum Gasteiger partial charge on any atom is -0.480 e. The highest BCUT2D eigenvalue weighted by molar-refractivity contribution is 6.48. The molecule has 1 aromatic heterocycles. The van der Waals surface area contributed by atoms with Crippen molar-refractivity contribution in [3.8, 4) is 0 Å². The summed E-state index contributed by atoms with van der Waals surface area (Å²) in [5, 5.41) is 11.1. The second-order valence-electron chi connectivity index (χ2n) is 3.47. The summed E-state index contributed by atoms with van der Waals surface area (Å²) >= 11 is 17.3.